The van der Waals surface area contributed by atoms with E-state index in [0.717, 1.165) is 50.2 Å². The van der Waals surface area contributed by atoms with Crippen LogP contribution in [0.15, 0.2) is 72.8 Å². The van der Waals surface area contributed by atoms with E-state index in [4.69, 9.17) is 27.9 Å². The Labute approximate surface area is 248 Å². The molecule has 5 nitrogen and oxygen atoms in total. The van der Waals surface area contributed by atoms with E-state index < -0.39 is 23.4 Å². The Bertz CT molecular complexity index is 1350. The van der Waals surface area contributed by atoms with Crippen LogP contribution in [0.5, 0.6) is 0 Å². The first-order valence-corrected chi connectivity index (χ1v) is 14.5. The van der Waals surface area contributed by atoms with Crippen LogP contribution in [0.25, 0.3) is 0 Å². The molecule has 3 aromatic carbocycles. The highest BCUT2D eigenvalue weighted by atomic mass is 35.5. The quantitative estimate of drug-likeness (QED) is 0.309. The molecule has 2 aliphatic rings. The van der Waals surface area contributed by atoms with Crippen molar-refractivity contribution in [2.45, 2.75) is 37.0 Å². The molecule has 2 saturated heterocycles. The summed E-state index contributed by atoms with van der Waals surface area (Å²) in [7, 11) is 0. The topological polar surface area (TPSA) is 44.8 Å². The summed E-state index contributed by atoms with van der Waals surface area (Å²) in [5.41, 5.74) is 0.588. The number of amides is 2. The van der Waals surface area contributed by atoms with Gasteiger partial charge in [-0.25, -0.2) is 4.79 Å². The minimum atomic E-state index is -4.50. The van der Waals surface area contributed by atoms with Gasteiger partial charge in [0, 0.05) is 18.8 Å². The Kier molecular flexibility index (Phi) is 9.14. The molecule has 0 saturated carbocycles. The fraction of sp³-hybridized carbons (Fsp3) is 0.387. The van der Waals surface area contributed by atoms with Gasteiger partial charge in [-0.2, -0.15) is 13.2 Å². The van der Waals surface area contributed by atoms with Crippen molar-refractivity contribution >= 4 is 34.9 Å². The van der Waals surface area contributed by atoms with Crippen molar-refractivity contribution in [2.75, 3.05) is 44.6 Å². The van der Waals surface area contributed by atoms with Gasteiger partial charge in [0.2, 0.25) is 0 Å². The van der Waals surface area contributed by atoms with E-state index in [-0.39, 0.29) is 18.8 Å². The lowest BCUT2D eigenvalue weighted by molar-refractivity contribution is -0.137. The molecule has 0 spiro atoms. The van der Waals surface area contributed by atoms with Crippen LogP contribution in [0.4, 0.5) is 23.7 Å². The van der Waals surface area contributed by atoms with Crippen molar-refractivity contribution < 1.29 is 22.7 Å². The molecule has 3 aromatic rings. The minimum absolute atomic E-state index is 0.0812. The molecule has 218 valence electrons. The first-order chi connectivity index (χ1) is 19.6. The second-order valence-corrected chi connectivity index (χ2v) is 11.5. The summed E-state index contributed by atoms with van der Waals surface area (Å²) in [6.07, 6.45) is -1.76. The van der Waals surface area contributed by atoms with Crippen molar-refractivity contribution in [1.29, 1.82) is 0 Å². The Morgan fingerprint density at radius 3 is 2.41 bits per heavy atom. The molecule has 2 heterocycles. The maximum atomic E-state index is 13.3. The number of morpholine rings is 1. The number of anilines is 1. The normalized spacial score (nSPS) is 20.7. The molecule has 2 fully saturated rings. The summed E-state index contributed by atoms with van der Waals surface area (Å²) in [5.74, 6) is 0.539. The van der Waals surface area contributed by atoms with Crippen LogP contribution in [0.1, 0.15) is 41.9 Å². The van der Waals surface area contributed by atoms with Crippen LogP contribution >= 0.6 is 23.2 Å². The molecule has 0 bridgehead atoms. The number of nitrogens with zero attached hydrogens (tertiary/aromatic N) is 2. The number of likely N-dealkylation sites (tertiary alicyclic amines) is 1. The zero-order chi connectivity index (χ0) is 29.0. The maximum Gasteiger partial charge on any atom is 0.416 e. The SMILES string of the molecule is O=C(Nc1cccc(C(F)(F)F)c1)N1CCOC(CCN2CCC(c3ccccc3)CC2)(c2ccc(Cl)c(Cl)c2)C1. The average molecular weight is 607 g/mol. The number of urea groups is 1. The highest BCUT2D eigenvalue weighted by molar-refractivity contribution is 6.42. The van der Waals surface area contributed by atoms with Crippen LogP contribution in [0.2, 0.25) is 10.0 Å². The van der Waals surface area contributed by atoms with Crippen LogP contribution in [-0.2, 0) is 16.5 Å². The fourth-order valence-corrected chi connectivity index (χ4v) is 6.04. The fourth-order valence-electron chi connectivity index (χ4n) is 5.74. The summed E-state index contributed by atoms with van der Waals surface area (Å²) in [6.45, 7) is 3.46. The summed E-state index contributed by atoms with van der Waals surface area (Å²) in [4.78, 5) is 17.3. The average Bonchev–Trinajstić information content (AvgIpc) is 2.98. The van der Waals surface area contributed by atoms with Crippen LogP contribution in [0.3, 0.4) is 0 Å². The smallest absolute Gasteiger partial charge is 0.367 e. The van der Waals surface area contributed by atoms with Gasteiger partial charge in [0.25, 0.3) is 0 Å². The highest BCUT2D eigenvalue weighted by Gasteiger charge is 2.41. The molecule has 1 N–H and O–H groups in total. The molecular formula is C31H32Cl2F3N3O2. The number of alkyl halides is 3. The van der Waals surface area contributed by atoms with Gasteiger partial charge in [0.05, 0.1) is 28.8 Å². The number of hydrogen-bond donors (Lipinski definition) is 1. The Morgan fingerprint density at radius 2 is 1.71 bits per heavy atom. The summed E-state index contributed by atoms with van der Waals surface area (Å²) in [5, 5.41) is 3.44. The lowest BCUT2D eigenvalue weighted by Gasteiger charge is -2.44. The molecule has 0 aliphatic carbocycles. The Morgan fingerprint density at radius 1 is 0.951 bits per heavy atom. The highest BCUT2D eigenvalue weighted by Crippen LogP contribution is 2.38. The first kappa shape index (κ1) is 29.7. The zero-order valence-electron chi connectivity index (χ0n) is 22.5. The summed E-state index contributed by atoms with van der Waals surface area (Å²) >= 11 is 12.6. The lowest BCUT2D eigenvalue weighted by atomic mass is 9.86. The predicted octanol–water partition coefficient (Wildman–Crippen LogP) is 8.04. The van der Waals surface area contributed by atoms with Crippen molar-refractivity contribution in [3.05, 3.63) is 99.5 Å². The molecule has 0 radical (unpaired) electrons. The number of halogens is 5. The number of rotatable bonds is 6. The van der Waals surface area contributed by atoms with Gasteiger partial charge in [-0.3, -0.25) is 0 Å². The number of ether oxygens (including phenoxy) is 1. The van der Waals surface area contributed by atoms with Crippen LogP contribution < -0.4 is 5.32 Å². The molecule has 2 aliphatic heterocycles. The predicted molar refractivity (Wildman–Crippen MR) is 156 cm³/mol. The van der Waals surface area contributed by atoms with E-state index in [1.807, 2.05) is 12.1 Å². The van der Waals surface area contributed by atoms with E-state index in [0.29, 0.717) is 28.9 Å². The van der Waals surface area contributed by atoms with Gasteiger partial charge in [0.1, 0.15) is 5.60 Å². The molecular weight excluding hydrogens is 574 g/mol. The number of benzene rings is 3. The van der Waals surface area contributed by atoms with Crippen molar-refractivity contribution in [1.82, 2.24) is 9.80 Å². The molecule has 2 amide bonds. The van der Waals surface area contributed by atoms with Gasteiger partial charge < -0.3 is 19.9 Å². The zero-order valence-corrected chi connectivity index (χ0v) is 24.0. The second kappa shape index (κ2) is 12.6. The van der Waals surface area contributed by atoms with E-state index in [9.17, 15) is 18.0 Å². The summed E-state index contributed by atoms with van der Waals surface area (Å²) in [6, 6.07) is 20.1. The maximum absolute atomic E-state index is 13.3. The molecule has 10 heteroatoms. The largest absolute Gasteiger partial charge is 0.416 e. The van der Waals surface area contributed by atoms with Gasteiger partial charge >= 0.3 is 12.2 Å². The number of nitrogens with one attached hydrogen (secondary N) is 1. The molecule has 0 aromatic heterocycles. The van der Waals surface area contributed by atoms with Crippen LogP contribution in [0, 0.1) is 0 Å². The number of piperidine rings is 1. The standard InChI is InChI=1S/C31H32Cl2F3N3O2/c32-27-10-9-24(20-28(27)33)30(13-16-38-14-11-23(12-15-38)22-5-2-1-3-6-22)21-39(17-18-41-30)29(40)37-26-8-4-7-25(19-26)31(34,35)36/h1-10,19-20,23H,11-18,21H2,(H,37,40). The van der Waals surface area contributed by atoms with Crippen LogP contribution in [-0.4, -0.2) is 55.2 Å². The second-order valence-electron chi connectivity index (χ2n) is 10.7. The molecule has 5 rings (SSSR count). The van der Waals surface area contributed by atoms with Crippen molar-refractivity contribution in [3.8, 4) is 0 Å². The number of carbonyl (C=O) groups is 1. The third-order valence-corrected chi connectivity index (χ3v) is 8.79. The van der Waals surface area contributed by atoms with Gasteiger partial charge in [0.15, 0.2) is 0 Å². The van der Waals surface area contributed by atoms with Gasteiger partial charge in [-0.05, 0) is 79.7 Å². The number of hydrogen-bond acceptors (Lipinski definition) is 3. The number of carbonyl (C=O) groups excluding carboxylic acids is 1. The molecule has 1 unspecified atom stereocenters. The molecule has 41 heavy (non-hydrogen) atoms. The van der Waals surface area contributed by atoms with Crippen molar-refractivity contribution in [2.24, 2.45) is 0 Å². The van der Waals surface area contributed by atoms with E-state index in [1.165, 1.54) is 17.7 Å². The Hall–Kier alpha value is -2.78. The van der Waals surface area contributed by atoms with Crippen molar-refractivity contribution in [3.63, 3.8) is 0 Å². The minimum Gasteiger partial charge on any atom is -0.367 e. The monoisotopic (exact) mass is 605 g/mol. The molecule has 1 atom stereocenters. The van der Waals surface area contributed by atoms with Gasteiger partial charge in [-0.1, -0.05) is 65.7 Å². The third-order valence-electron chi connectivity index (χ3n) is 8.05. The van der Waals surface area contributed by atoms with Gasteiger partial charge in [-0.15, -0.1) is 0 Å². The summed E-state index contributed by atoms with van der Waals surface area (Å²) < 4.78 is 46.0. The third kappa shape index (κ3) is 7.17. The Balaban J connectivity index is 1.30. The van der Waals surface area contributed by atoms with E-state index in [2.05, 4.69) is 34.5 Å². The first-order valence-electron chi connectivity index (χ1n) is 13.7. The van der Waals surface area contributed by atoms with E-state index >= 15 is 0 Å². The van der Waals surface area contributed by atoms with E-state index in [1.54, 1.807) is 17.0 Å². The lowest BCUT2D eigenvalue weighted by Crippen LogP contribution is -2.54.